The highest BCUT2D eigenvalue weighted by Gasteiger charge is 2.24. The van der Waals surface area contributed by atoms with Crippen LogP contribution < -0.4 is 11.1 Å². The fraction of sp³-hybridized carbons (Fsp3) is 0.143. The molecule has 150 valence electrons. The Labute approximate surface area is 188 Å². The highest BCUT2D eigenvalue weighted by atomic mass is 35.5. The maximum atomic E-state index is 12.8. The van der Waals surface area contributed by atoms with Gasteiger partial charge in [0.15, 0.2) is 0 Å². The number of nitrogens with one attached hydrogen (secondary N) is 1. The van der Waals surface area contributed by atoms with Gasteiger partial charge in [-0.3, -0.25) is 9.78 Å². The Morgan fingerprint density at radius 1 is 0.897 bits per heavy atom. The number of carbonyl (C=O) groups excluding carboxylic acids is 1. The van der Waals surface area contributed by atoms with E-state index in [1.54, 1.807) is 12.1 Å². The fourth-order valence-corrected chi connectivity index (χ4v) is 3.78. The second kappa shape index (κ2) is 9.79. The van der Waals surface area contributed by atoms with Gasteiger partial charge in [-0.15, -0.1) is 0 Å². The Morgan fingerprint density at radius 2 is 1.41 bits per heavy atom. The molecule has 8 heteroatoms. The molecule has 2 aromatic carbocycles. The number of halogens is 4. The van der Waals surface area contributed by atoms with Crippen molar-refractivity contribution in [1.29, 1.82) is 0 Å². The van der Waals surface area contributed by atoms with E-state index < -0.39 is 12.1 Å². The predicted molar refractivity (Wildman–Crippen MR) is 119 cm³/mol. The molecule has 1 aromatic heterocycles. The van der Waals surface area contributed by atoms with Crippen molar-refractivity contribution in [1.82, 2.24) is 10.3 Å². The SMILES string of the molecule is NC(NC(=O)c1c(Cl)cncc1Cl)[C@H](Cc1ccc(Cl)cc1)c1ccc(Cl)cc1. The molecule has 0 aliphatic heterocycles. The third-order valence-corrected chi connectivity index (χ3v) is 5.56. The van der Waals surface area contributed by atoms with E-state index in [-0.39, 0.29) is 21.5 Å². The number of pyridine rings is 1. The van der Waals surface area contributed by atoms with Crippen LogP contribution in [0, 0.1) is 0 Å². The summed E-state index contributed by atoms with van der Waals surface area (Å²) in [5.74, 6) is -0.693. The van der Waals surface area contributed by atoms with Crippen molar-refractivity contribution in [3.05, 3.63) is 97.7 Å². The van der Waals surface area contributed by atoms with Gasteiger partial charge in [0.2, 0.25) is 0 Å². The Kier molecular flexibility index (Phi) is 7.38. The minimum Gasteiger partial charge on any atom is -0.336 e. The molecule has 0 aliphatic carbocycles. The summed E-state index contributed by atoms with van der Waals surface area (Å²) in [5, 5.41) is 4.38. The monoisotopic (exact) mass is 467 g/mol. The minimum absolute atomic E-state index is 0.139. The lowest BCUT2D eigenvalue weighted by Crippen LogP contribution is -2.46. The molecule has 0 bridgehead atoms. The van der Waals surface area contributed by atoms with Crippen LogP contribution in [-0.4, -0.2) is 17.1 Å². The number of hydrogen-bond acceptors (Lipinski definition) is 3. The van der Waals surface area contributed by atoms with Crippen LogP contribution in [0.1, 0.15) is 27.4 Å². The number of hydrogen-bond donors (Lipinski definition) is 2. The number of nitrogens with zero attached hydrogens (tertiary/aromatic N) is 1. The van der Waals surface area contributed by atoms with Gasteiger partial charge in [-0.25, -0.2) is 0 Å². The number of carbonyl (C=O) groups is 1. The predicted octanol–water partition coefficient (Wildman–Crippen LogP) is 5.74. The van der Waals surface area contributed by atoms with Gasteiger partial charge in [-0.1, -0.05) is 70.7 Å². The first-order valence-electron chi connectivity index (χ1n) is 8.70. The van der Waals surface area contributed by atoms with Crippen LogP contribution in [0.5, 0.6) is 0 Å². The first-order chi connectivity index (χ1) is 13.8. The van der Waals surface area contributed by atoms with E-state index in [0.717, 1.165) is 11.1 Å². The number of amides is 1. The molecule has 2 atom stereocenters. The van der Waals surface area contributed by atoms with Gasteiger partial charge in [0.25, 0.3) is 5.91 Å². The maximum absolute atomic E-state index is 12.8. The lowest BCUT2D eigenvalue weighted by molar-refractivity contribution is 0.0932. The van der Waals surface area contributed by atoms with Crippen molar-refractivity contribution in [2.24, 2.45) is 5.73 Å². The molecular formula is C21H17Cl4N3O. The Hall–Kier alpha value is -1.82. The molecule has 29 heavy (non-hydrogen) atoms. The van der Waals surface area contributed by atoms with Gasteiger partial charge < -0.3 is 11.1 Å². The molecular weight excluding hydrogens is 452 g/mol. The summed E-state index contributed by atoms with van der Waals surface area (Å²) in [7, 11) is 0. The minimum atomic E-state index is -0.709. The smallest absolute Gasteiger partial charge is 0.255 e. The van der Waals surface area contributed by atoms with Crippen molar-refractivity contribution in [3.8, 4) is 0 Å². The van der Waals surface area contributed by atoms with Gasteiger partial charge in [0.1, 0.15) is 0 Å². The normalized spacial score (nSPS) is 13.0. The van der Waals surface area contributed by atoms with E-state index in [9.17, 15) is 4.79 Å². The molecule has 3 N–H and O–H groups in total. The zero-order valence-electron chi connectivity index (χ0n) is 15.1. The van der Waals surface area contributed by atoms with Gasteiger partial charge >= 0.3 is 0 Å². The lowest BCUT2D eigenvalue weighted by atomic mass is 9.89. The van der Waals surface area contributed by atoms with Crippen molar-refractivity contribution in [3.63, 3.8) is 0 Å². The average Bonchev–Trinajstić information content (AvgIpc) is 2.68. The molecule has 1 unspecified atom stereocenters. The van der Waals surface area contributed by atoms with Gasteiger partial charge in [0.05, 0.1) is 21.8 Å². The van der Waals surface area contributed by atoms with E-state index in [0.29, 0.717) is 16.5 Å². The molecule has 0 saturated carbocycles. The van der Waals surface area contributed by atoms with Gasteiger partial charge in [-0.05, 0) is 41.8 Å². The fourth-order valence-electron chi connectivity index (χ4n) is 2.99. The summed E-state index contributed by atoms with van der Waals surface area (Å²) < 4.78 is 0. The van der Waals surface area contributed by atoms with E-state index in [2.05, 4.69) is 10.3 Å². The molecule has 4 nitrogen and oxygen atoms in total. The summed E-state index contributed by atoms with van der Waals surface area (Å²) >= 11 is 24.2. The lowest BCUT2D eigenvalue weighted by Gasteiger charge is -2.26. The van der Waals surface area contributed by atoms with Crippen LogP contribution in [0.2, 0.25) is 20.1 Å². The van der Waals surface area contributed by atoms with Crippen molar-refractivity contribution in [2.45, 2.75) is 18.5 Å². The van der Waals surface area contributed by atoms with Crippen molar-refractivity contribution < 1.29 is 4.79 Å². The quantitative estimate of drug-likeness (QED) is 0.453. The number of benzene rings is 2. The first kappa shape index (κ1) is 21.9. The standard InChI is InChI=1S/C21H17Cl4N3O/c22-14-5-1-12(2-6-14)9-16(13-3-7-15(23)8-4-13)20(26)28-21(29)19-17(24)10-27-11-18(19)25/h1-8,10-11,16,20H,9,26H2,(H,28,29)/t16-,20?/m1/s1. The molecule has 0 saturated heterocycles. The van der Waals surface area contributed by atoms with E-state index in [4.69, 9.17) is 52.1 Å². The van der Waals surface area contributed by atoms with Crippen LogP contribution in [0.3, 0.4) is 0 Å². The highest BCUT2D eigenvalue weighted by Crippen LogP contribution is 2.27. The molecule has 0 radical (unpaired) electrons. The summed E-state index contributed by atoms with van der Waals surface area (Å²) in [6.07, 6.45) is 2.59. The molecule has 3 rings (SSSR count). The molecule has 1 heterocycles. The molecule has 0 fully saturated rings. The topological polar surface area (TPSA) is 68.0 Å². The molecule has 3 aromatic rings. The van der Waals surface area contributed by atoms with Crippen LogP contribution in [0.25, 0.3) is 0 Å². The Balaban J connectivity index is 1.87. The summed E-state index contributed by atoms with van der Waals surface area (Å²) in [6.45, 7) is 0. The second-order valence-corrected chi connectivity index (χ2v) is 8.15. The van der Waals surface area contributed by atoms with Crippen LogP contribution >= 0.6 is 46.4 Å². The summed E-state index contributed by atoms with van der Waals surface area (Å²) in [4.78, 5) is 16.6. The van der Waals surface area contributed by atoms with Crippen LogP contribution in [0.4, 0.5) is 0 Å². The number of aromatic nitrogens is 1. The average molecular weight is 469 g/mol. The molecule has 1 amide bonds. The molecule has 0 aliphatic rings. The highest BCUT2D eigenvalue weighted by molar-refractivity contribution is 6.39. The first-order valence-corrected chi connectivity index (χ1v) is 10.2. The largest absolute Gasteiger partial charge is 0.336 e. The summed E-state index contributed by atoms with van der Waals surface area (Å²) in [6, 6.07) is 14.8. The van der Waals surface area contributed by atoms with Crippen LogP contribution in [0.15, 0.2) is 60.9 Å². The van der Waals surface area contributed by atoms with Gasteiger partial charge in [0, 0.05) is 28.4 Å². The maximum Gasteiger partial charge on any atom is 0.255 e. The number of nitrogens with two attached hydrogens (primary N) is 1. The zero-order chi connectivity index (χ0) is 21.0. The van der Waals surface area contributed by atoms with Crippen LogP contribution in [-0.2, 0) is 6.42 Å². The number of rotatable bonds is 6. The second-order valence-electron chi connectivity index (χ2n) is 6.47. The third kappa shape index (κ3) is 5.62. The van der Waals surface area contributed by atoms with E-state index >= 15 is 0 Å². The van der Waals surface area contributed by atoms with Crippen molar-refractivity contribution >= 4 is 52.3 Å². The third-order valence-electron chi connectivity index (χ3n) is 4.48. The molecule has 0 spiro atoms. The van der Waals surface area contributed by atoms with Gasteiger partial charge in [-0.2, -0.15) is 0 Å². The zero-order valence-corrected chi connectivity index (χ0v) is 18.1. The van der Waals surface area contributed by atoms with E-state index in [1.807, 2.05) is 36.4 Å². The Bertz CT molecular complexity index is 974. The Morgan fingerprint density at radius 3 is 1.97 bits per heavy atom. The van der Waals surface area contributed by atoms with E-state index in [1.165, 1.54) is 12.4 Å². The summed E-state index contributed by atoms with van der Waals surface area (Å²) in [5.41, 5.74) is 8.51. The van der Waals surface area contributed by atoms with Crippen molar-refractivity contribution in [2.75, 3.05) is 0 Å².